The fourth-order valence-electron chi connectivity index (χ4n) is 3.58. The third kappa shape index (κ3) is 3.78. The van der Waals surface area contributed by atoms with Gasteiger partial charge < -0.3 is 9.84 Å². The average molecular weight is 423 g/mol. The van der Waals surface area contributed by atoms with E-state index in [2.05, 4.69) is 9.98 Å². The van der Waals surface area contributed by atoms with Gasteiger partial charge >= 0.3 is 6.09 Å². The van der Waals surface area contributed by atoms with Crippen LogP contribution in [0.5, 0.6) is 0 Å². The number of ether oxygens (including phenoxy) is 1. The van der Waals surface area contributed by atoms with E-state index in [0.29, 0.717) is 10.7 Å². The highest BCUT2D eigenvalue weighted by Crippen LogP contribution is 2.30. The molecule has 3 aromatic rings. The molecule has 2 aromatic heterocycles. The van der Waals surface area contributed by atoms with Gasteiger partial charge in [0.05, 0.1) is 22.3 Å². The Balaban J connectivity index is 1.88. The summed E-state index contributed by atoms with van der Waals surface area (Å²) in [6.45, 7) is 7.41. The Morgan fingerprint density at radius 1 is 1.23 bits per heavy atom. The van der Waals surface area contributed by atoms with E-state index in [0.717, 1.165) is 21.7 Å². The number of para-hydroxylation sites is 1. The Labute approximate surface area is 178 Å². The molecule has 6 nitrogen and oxygen atoms in total. The summed E-state index contributed by atoms with van der Waals surface area (Å²) in [6.07, 6.45) is 1.84. The molecule has 154 valence electrons. The summed E-state index contributed by atoms with van der Waals surface area (Å²) in [7, 11) is 0. The second-order valence-electron chi connectivity index (χ2n) is 8.20. The lowest BCUT2D eigenvalue weighted by Gasteiger charge is -2.17. The van der Waals surface area contributed by atoms with Gasteiger partial charge in [-0.3, -0.25) is 9.98 Å². The van der Waals surface area contributed by atoms with Crippen LogP contribution >= 0.6 is 11.3 Å². The topological polar surface area (TPSA) is 75.7 Å². The zero-order chi connectivity index (χ0) is 21.5. The third-order valence-electron chi connectivity index (χ3n) is 4.81. The Kier molecular flexibility index (Phi) is 5.26. The molecule has 1 N–H and O–H groups in total. The van der Waals surface area contributed by atoms with Crippen LogP contribution in [0.4, 0.5) is 4.79 Å². The second-order valence-corrected chi connectivity index (χ2v) is 9.06. The van der Waals surface area contributed by atoms with E-state index >= 15 is 0 Å². The van der Waals surface area contributed by atoms with Crippen molar-refractivity contribution in [2.45, 2.75) is 45.4 Å². The number of thiazole rings is 1. The molecule has 0 amide bonds. The molecule has 0 fully saturated rings. The molecular formula is C23H24N3O3S+. The second kappa shape index (κ2) is 7.74. The van der Waals surface area contributed by atoms with Crippen molar-refractivity contribution in [3.63, 3.8) is 0 Å². The van der Waals surface area contributed by atoms with E-state index in [4.69, 9.17) is 4.74 Å². The molecule has 0 saturated carbocycles. The zero-order valence-electron chi connectivity index (χ0n) is 17.4. The molecule has 0 radical (unpaired) electrons. The molecule has 0 saturated heterocycles. The van der Waals surface area contributed by atoms with Gasteiger partial charge in [-0.15, -0.1) is 0 Å². The number of aliphatic hydroxyl groups excluding tert-OH is 1. The van der Waals surface area contributed by atoms with Crippen molar-refractivity contribution < 1.29 is 19.2 Å². The minimum atomic E-state index is -0.999. The molecule has 7 heteroatoms. The maximum Gasteiger partial charge on any atom is 0.604 e. The summed E-state index contributed by atoms with van der Waals surface area (Å²) in [6, 6.07) is 11.2. The van der Waals surface area contributed by atoms with Crippen molar-refractivity contribution >= 4 is 23.0 Å². The highest BCUT2D eigenvalue weighted by atomic mass is 32.1. The number of hydrogen-bond acceptors (Lipinski definition) is 6. The standard InChI is InChI=1S/C23H24N3O3S/c1-14-19(16-9-5-6-10-17(16)25-14)20(27)18-13-30-21(15-8-7-11-24-12-15)26(18)22(28)29-23(2,3)4/h5-14,20,27H,1-4H3/q+1. The monoisotopic (exact) mass is 422 g/mol. The van der Waals surface area contributed by atoms with Gasteiger partial charge in [0.1, 0.15) is 5.60 Å². The van der Waals surface area contributed by atoms with Gasteiger partial charge in [0, 0.05) is 23.2 Å². The van der Waals surface area contributed by atoms with Crippen LogP contribution in [-0.2, 0) is 4.74 Å². The van der Waals surface area contributed by atoms with Crippen molar-refractivity contribution in [3.8, 4) is 10.6 Å². The average Bonchev–Trinajstić information content (AvgIpc) is 3.27. The predicted molar refractivity (Wildman–Crippen MR) is 114 cm³/mol. The van der Waals surface area contributed by atoms with E-state index in [-0.39, 0.29) is 6.04 Å². The van der Waals surface area contributed by atoms with Gasteiger partial charge in [0.25, 0.3) is 5.01 Å². The lowest BCUT2D eigenvalue weighted by atomic mass is 10.00. The van der Waals surface area contributed by atoms with Gasteiger partial charge in [0.2, 0.25) is 5.69 Å². The highest BCUT2D eigenvalue weighted by Gasteiger charge is 2.39. The molecule has 3 heterocycles. The van der Waals surface area contributed by atoms with Crippen LogP contribution in [-0.4, -0.2) is 27.8 Å². The summed E-state index contributed by atoms with van der Waals surface area (Å²) >= 11 is 1.37. The minimum absolute atomic E-state index is 0.189. The van der Waals surface area contributed by atoms with Gasteiger partial charge in [-0.25, -0.2) is 0 Å². The van der Waals surface area contributed by atoms with Gasteiger partial charge in [-0.2, -0.15) is 4.79 Å². The summed E-state index contributed by atoms with van der Waals surface area (Å²) < 4.78 is 7.12. The van der Waals surface area contributed by atoms with Crippen molar-refractivity contribution in [1.82, 2.24) is 4.98 Å². The van der Waals surface area contributed by atoms with Crippen LogP contribution < -0.4 is 15.1 Å². The smallest absolute Gasteiger partial charge is 0.406 e. The van der Waals surface area contributed by atoms with Gasteiger partial charge in [-0.05, 0) is 45.9 Å². The summed E-state index contributed by atoms with van der Waals surface area (Å²) in [5, 5.41) is 15.6. The number of rotatable bonds is 3. The number of fused-ring (bicyclic) bond motifs is 1. The summed E-state index contributed by atoms with van der Waals surface area (Å²) in [5.74, 6) is 0. The Morgan fingerprint density at radius 3 is 2.70 bits per heavy atom. The number of pyridine rings is 1. The first kappa shape index (κ1) is 20.4. The van der Waals surface area contributed by atoms with Crippen LogP contribution in [0.3, 0.4) is 0 Å². The lowest BCUT2D eigenvalue weighted by Crippen LogP contribution is -2.50. The number of carbonyl (C=O) groups excluding carboxylic acids is 1. The maximum absolute atomic E-state index is 13.2. The molecule has 1 aromatic carbocycles. The van der Waals surface area contributed by atoms with Crippen LogP contribution in [0, 0.1) is 0 Å². The number of nitrogens with zero attached hydrogens (tertiary/aromatic N) is 3. The van der Waals surface area contributed by atoms with E-state index in [1.807, 2.05) is 64.1 Å². The Morgan fingerprint density at radius 2 is 2.00 bits per heavy atom. The van der Waals surface area contributed by atoms with Crippen LogP contribution in [0.25, 0.3) is 16.1 Å². The molecule has 1 aliphatic rings. The molecule has 0 aliphatic carbocycles. The first-order valence-corrected chi connectivity index (χ1v) is 10.7. The van der Waals surface area contributed by atoms with Crippen LogP contribution in [0.1, 0.15) is 39.5 Å². The molecular weight excluding hydrogens is 398 g/mol. The van der Waals surface area contributed by atoms with Crippen molar-refractivity contribution in [3.05, 3.63) is 70.4 Å². The quantitative estimate of drug-likeness (QED) is 0.659. The first-order chi connectivity index (χ1) is 14.3. The fraction of sp³-hybridized carbons (Fsp3) is 0.304. The fourth-order valence-corrected chi connectivity index (χ4v) is 4.59. The van der Waals surface area contributed by atoms with E-state index in [1.165, 1.54) is 15.9 Å². The summed E-state index contributed by atoms with van der Waals surface area (Å²) in [4.78, 5) is 22.0. The highest BCUT2D eigenvalue weighted by molar-refractivity contribution is 7.12. The normalized spacial score (nSPS) is 16.7. The number of benzene rings is 1. The Hall–Kier alpha value is -2.90. The maximum atomic E-state index is 13.2. The number of carbonyl (C=O) groups is 1. The third-order valence-corrected chi connectivity index (χ3v) is 5.81. The molecule has 0 bridgehead atoms. The first-order valence-electron chi connectivity index (χ1n) is 9.78. The van der Waals surface area contributed by atoms with E-state index in [1.54, 1.807) is 17.8 Å². The predicted octanol–water partition coefficient (Wildman–Crippen LogP) is 2.79. The van der Waals surface area contributed by atoms with Crippen LogP contribution in [0.2, 0.25) is 0 Å². The largest absolute Gasteiger partial charge is 0.604 e. The number of aliphatic hydroxyl groups is 1. The van der Waals surface area contributed by atoms with Crippen molar-refractivity contribution in [2.75, 3.05) is 0 Å². The minimum Gasteiger partial charge on any atom is -0.406 e. The molecule has 2 unspecified atom stereocenters. The molecule has 1 aliphatic heterocycles. The van der Waals surface area contributed by atoms with Gasteiger partial charge in [-0.1, -0.05) is 34.1 Å². The molecule has 0 spiro atoms. The molecule has 4 rings (SSSR count). The lowest BCUT2D eigenvalue weighted by molar-refractivity contribution is -0.584. The van der Waals surface area contributed by atoms with Crippen molar-refractivity contribution in [1.29, 1.82) is 0 Å². The Bertz CT molecular complexity index is 1210. The van der Waals surface area contributed by atoms with Crippen LogP contribution in [0.15, 0.2) is 59.2 Å². The molecule has 30 heavy (non-hydrogen) atoms. The van der Waals surface area contributed by atoms with E-state index < -0.39 is 17.8 Å². The summed E-state index contributed by atoms with van der Waals surface area (Å²) in [5.41, 5.74) is 1.34. The SMILES string of the molecule is CC1N=c2ccccc2=C1C(O)c1csc(-c2cccnc2)[n+]1C(=O)OC(C)(C)C. The van der Waals surface area contributed by atoms with Gasteiger partial charge in [0.15, 0.2) is 6.10 Å². The van der Waals surface area contributed by atoms with E-state index in [9.17, 15) is 9.90 Å². The molecule has 2 atom stereocenters. The number of hydrogen-bond donors (Lipinski definition) is 1. The number of aromatic nitrogens is 2. The zero-order valence-corrected chi connectivity index (χ0v) is 18.2. The van der Waals surface area contributed by atoms with Crippen molar-refractivity contribution in [2.24, 2.45) is 4.99 Å².